The Kier molecular flexibility index (Phi) is 4.55. The van der Waals surface area contributed by atoms with Crippen LogP contribution in [0.3, 0.4) is 0 Å². The molecule has 0 aromatic carbocycles. The molecule has 6 nitrogen and oxygen atoms in total. The standard InChI is InChI=1S/C21H36O6/c1-17(2,23)14-6-8-18(3)10-11-20(24-4,25-5)9-7-15-19(13-22,26-15)12-16-21(14,18)27-16/h14-16,22-23H,6-13H2,1-5H3/t14-,15-,16+,18-,19-,21-/m0/s1. The summed E-state index contributed by atoms with van der Waals surface area (Å²) in [4.78, 5) is 0. The quantitative estimate of drug-likeness (QED) is 0.572. The van der Waals surface area contributed by atoms with Gasteiger partial charge in [-0.15, -0.1) is 0 Å². The lowest BCUT2D eigenvalue weighted by molar-refractivity contribution is -0.220. The smallest absolute Gasteiger partial charge is 0.167 e. The molecular weight excluding hydrogens is 348 g/mol. The Morgan fingerprint density at radius 1 is 1.00 bits per heavy atom. The molecule has 4 aliphatic rings. The fourth-order valence-corrected chi connectivity index (χ4v) is 6.43. The van der Waals surface area contributed by atoms with Gasteiger partial charge in [0, 0.05) is 39.4 Å². The second-order valence-electron chi connectivity index (χ2n) is 10.1. The Bertz CT molecular complexity index is 584. The van der Waals surface area contributed by atoms with Crippen molar-refractivity contribution in [2.75, 3.05) is 20.8 Å². The first-order chi connectivity index (χ1) is 12.6. The summed E-state index contributed by atoms with van der Waals surface area (Å²) in [6.45, 7) is 6.09. The molecule has 2 N–H and O–H groups in total. The van der Waals surface area contributed by atoms with Crippen LogP contribution in [0.5, 0.6) is 0 Å². The molecule has 6 heteroatoms. The average molecular weight is 385 g/mol. The highest BCUT2D eigenvalue weighted by atomic mass is 16.7. The van der Waals surface area contributed by atoms with E-state index in [1.165, 1.54) is 0 Å². The summed E-state index contributed by atoms with van der Waals surface area (Å²) in [5.74, 6) is -0.563. The maximum atomic E-state index is 10.9. The third-order valence-electron chi connectivity index (χ3n) is 8.35. The highest BCUT2D eigenvalue weighted by Gasteiger charge is 2.77. The molecule has 2 aliphatic heterocycles. The van der Waals surface area contributed by atoms with E-state index in [0.29, 0.717) is 6.42 Å². The molecule has 4 fully saturated rings. The predicted octanol–water partition coefficient (Wildman–Crippen LogP) is 2.39. The van der Waals surface area contributed by atoms with Crippen LogP contribution < -0.4 is 0 Å². The average Bonchev–Trinajstić information content (AvgIpc) is 3.48. The first-order valence-electron chi connectivity index (χ1n) is 10.4. The lowest BCUT2D eigenvalue weighted by Gasteiger charge is -2.39. The fraction of sp³-hybridized carbons (Fsp3) is 1.00. The van der Waals surface area contributed by atoms with Crippen LogP contribution in [0.25, 0.3) is 0 Å². The van der Waals surface area contributed by atoms with Crippen LogP contribution >= 0.6 is 0 Å². The highest BCUT2D eigenvalue weighted by Crippen LogP contribution is 2.70. The van der Waals surface area contributed by atoms with E-state index < -0.39 is 17.0 Å². The van der Waals surface area contributed by atoms with E-state index in [2.05, 4.69) is 6.92 Å². The van der Waals surface area contributed by atoms with Crippen LogP contribution in [-0.2, 0) is 18.9 Å². The summed E-state index contributed by atoms with van der Waals surface area (Å²) in [5, 5.41) is 20.9. The zero-order chi connectivity index (χ0) is 19.7. The van der Waals surface area contributed by atoms with E-state index >= 15 is 0 Å². The predicted molar refractivity (Wildman–Crippen MR) is 99.3 cm³/mol. The van der Waals surface area contributed by atoms with Gasteiger partial charge in [-0.3, -0.25) is 0 Å². The maximum absolute atomic E-state index is 10.9. The van der Waals surface area contributed by atoms with Crippen LogP contribution in [0.15, 0.2) is 0 Å². The van der Waals surface area contributed by atoms with E-state index in [4.69, 9.17) is 18.9 Å². The molecule has 0 aromatic rings. The zero-order valence-corrected chi connectivity index (χ0v) is 17.4. The van der Waals surface area contributed by atoms with Crippen LogP contribution in [-0.4, -0.2) is 65.8 Å². The molecule has 2 aliphatic carbocycles. The number of aliphatic hydroxyl groups excluding tert-OH is 1. The van der Waals surface area contributed by atoms with Crippen molar-refractivity contribution >= 4 is 0 Å². The first kappa shape index (κ1) is 20.0. The van der Waals surface area contributed by atoms with Gasteiger partial charge < -0.3 is 29.2 Å². The van der Waals surface area contributed by atoms with Crippen LogP contribution in [0, 0.1) is 11.3 Å². The fourth-order valence-electron chi connectivity index (χ4n) is 6.43. The van der Waals surface area contributed by atoms with Crippen LogP contribution in [0.4, 0.5) is 0 Å². The van der Waals surface area contributed by atoms with Gasteiger partial charge in [0.05, 0.1) is 24.4 Å². The third-order valence-corrected chi connectivity index (χ3v) is 8.35. The molecule has 0 bridgehead atoms. The van der Waals surface area contributed by atoms with E-state index in [1.54, 1.807) is 14.2 Å². The molecule has 2 saturated heterocycles. The molecule has 0 radical (unpaired) electrons. The molecular formula is C21H36O6. The van der Waals surface area contributed by atoms with Crippen molar-refractivity contribution in [3.05, 3.63) is 0 Å². The Labute approximate surface area is 162 Å². The van der Waals surface area contributed by atoms with Crippen LogP contribution in [0.2, 0.25) is 0 Å². The number of aliphatic hydroxyl groups is 2. The number of epoxide rings is 2. The lowest BCUT2D eigenvalue weighted by atomic mass is 9.67. The number of methoxy groups -OCH3 is 2. The van der Waals surface area contributed by atoms with Crippen molar-refractivity contribution in [1.29, 1.82) is 0 Å². The summed E-state index contributed by atoms with van der Waals surface area (Å²) in [7, 11) is 3.41. The summed E-state index contributed by atoms with van der Waals surface area (Å²) in [6, 6.07) is 0. The molecule has 2 saturated carbocycles. The van der Waals surface area contributed by atoms with Gasteiger partial charge >= 0.3 is 0 Å². The topological polar surface area (TPSA) is 84.0 Å². The van der Waals surface area contributed by atoms with Gasteiger partial charge in [-0.2, -0.15) is 0 Å². The van der Waals surface area contributed by atoms with Gasteiger partial charge in [0.15, 0.2) is 5.79 Å². The summed E-state index contributed by atoms with van der Waals surface area (Å²) < 4.78 is 24.1. The number of rotatable bonds is 4. The van der Waals surface area contributed by atoms with Gasteiger partial charge in [0.25, 0.3) is 0 Å². The number of fused-ring (bicyclic) bond motifs is 1. The molecule has 0 unspecified atom stereocenters. The molecule has 27 heavy (non-hydrogen) atoms. The normalized spacial score (nSPS) is 48.8. The minimum Gasteiger partial charge on any atom is -0.393 e. The van der Waals surface area contributed by atoms with Crippen molar-refractivity contribution < 1.29 is 29.2 Å². The molecule has 4 rings (SSSR count). The van der Waals surface area contributed by atoms with Gasteiger partial charge in [0.1, 0.15) is 11.2 Å². The lowest BCUT2D eigenvalue weighted by Crippen LogP contribution is -2.47. The number of hydrogen-bond acceptors (Lipinski definition) is 6. The highest BCUT2D eigenvalue weighted by molar-refractivity contribution is 5.25. The molecule has 0 aromatic heterocycles. The SMILES string of the molecule is COC1(OC)CC[C@@H]2O[C@]2(CO)C[C@H]2O[C@@]23[C@H](C(C)(C)O)CC[C@@]3(C)CC1. The van der Waals surface area contributed by atoms with Crippen molar-refractivity contribution in [2.45, 2.75) is 101 Å². The Hall–Kier alpha value is -0.240. The number of hydrogen-bond donors (Lipinski definition) is 2. The van der Waals surface area contributed by atoms with Crippen molar-refractivity contribution in [2.24, 2.45) is 11.3 Å². The van der Waals surface area contributed by atoms with Gasteiger partial charge in [-0.05, 0) is 44.9 Å². The molecule has 0 amide bonds. The Morgan fingerprint density at radius 2 is 1.70 bits per heavy atom. The third kappa shape index (κ3) is 2.82. The second-order valence-corrected chi connectivity index (χ2v) is 10.1. The Balaban J connectivity index is 1.70. The van der Waals surface area contributed by atoms with Gasteiger partial charge in [-0.25, -0.2) is 0 Å². The molecule has 2 heterocycles. The van der Waals surface area contributed by atoms with E-state index in [0.717, 1.165) is 38.5 Å². The maximum Gasteiger partial charge on any atom is 0.167 e. The molecule has 1 spiro atoms. The van der Waals surface area contributed by atoms with E-state index in [-0.39, 0.29) is 35.7 Å². The van der Waals surface area contributed by atoms with Gasteiger partial charge in [-0.1, -0.05) is 6.92 Å². The van der Waals surface area contributed by atoms with Crippen molar-refractivity contribution in [1.82, 2.24) is 0 Å². The zero-order valence-electron chi connectivity index (χ0n) is 17.4. The van der Waals surface area contributed by atoms with Crippen LogP contribution in [0.1, 0.15) is 65.7 Å². The minimum atomic E-state index is -0.803. The minimum absolute atomic E-state index is 0.00443. The monoisotopic (exact) mass is 384 g/mol. The first-order valence-corrected chi connectivity index (χ1v) is 10.4. The van der Waals surface area contributed by atoms with Crippen molar-refractivity contribution in [3.8, 4) is 0 Å². The second kappa shape index (κ2) is 6.13. The van der Waals surface area contributed by atoms with E-state index in [1.807, 2.05) is 13.8 Å². The summed E-state index contributed by atoms with van der Waals surface area (Å²) in [6.07, 6.45) is 5.95. The van der Waals surface area contributed by atoms with Crippen molar-refractivity contribution in [3.63, 3.8) is 0 Å². The number of ether oxygens (including phenoxy) is 4. The molecule has 156 valence electrons. The van der Waals surface area contributed by atoms with Gasteiger partial charge in [0.2, 0.25) is 0 Å². The molecule has 6 atom stereocenters. The Morgan fingerprint density at radius 3 is 2.30 bits per heavy atom. The summed E-state index contributed by atoms with van der Waals surface area (Å²) >= 11 is 0. The largest absolute Gasteiger partial charge is 0.393 e. The summed E-state index contributed by atoms with van der Waals surface area (Å²) in [5.41, 5.74) is -1.74. The van der Waals surface area contributed by atoms with E-state index in [9.17, 15) is 10.2 Å².